The summed E-state index contributed by atoms with van der Waals surface area (Å²) in [6.07, 6.45) is 10.5. The molecule has 4 heteroatoms. The van der Waals surface area contributed by atoms with Gasteiger partial charge in [-0.25, -0.2) is 0 Å². The summed E-state index contributed by atoms with van der Waals surface area (Å²) in [5.74, 6) is 0. The third-order valence-corrected chi connectivity index (χ3v) is 23.7. The number of nitrogens with zero attached hydrogens (tertiary/aromatic N) is 1. The molecule has 1 heterocycles. The van der Waals surface area contributed by atoms with E-state index < -0.39 is 18.4 Å². The molecule has 1 nitrogen and oxygen atoms in total. The molecule has 0 radical (unpaired) electrons. The number of aromatic nitrogens is 1. The number of halogens is 1. The van der Waals surface area contributed by atoms with E-state index in [0.29, 0.717) is 0 Å². The van der Waals surface area contributed by atoms with Crippen LogP contribution in [0, 0.1) is 0 Å². The Morgan fingerprint density at radius 2 is 1.47 bits per heavy atom. The molecule has 0 N–H and O–H groups in total. The van der Waals surface area contributed by atoms with Crippen LogP contribution >= 0.6 is 27.3 Å². The van der Waals surface area contributed by atoms with Crippen molar-refractivity contribution in [2.75, 3.05) is 0 Å². The Balaban J connectivity index is 2.93. The fourth-order valence-electron chi connectivity index (χ4n) is 2.79. The Labute approximate surface area is 135 Å². The average molecular weight is 453 g/mol. The van der Waals surface area contributed by atoms with Crippen molar-refractivity contribution in [2.45, 2.75) is 72.6 Å². The van der Waals surface area contributed by atoms with Gasteiger partial charge in [0.25, 0.3) is 0 Å². The van der Waals surface area contributed by atoms with Gasteiger partial charge in [0.15, 0.2) is 0 Å². The van der Waals surface area contributed by atoms with Crippen molar-refractivity contribution in [3.05, 3.63) is 10.1 Å². The minimum atomic E-state index is -2.15. The molecule has 0 saturated heterocycles. The minimum absolute atomic E-state index is 1.09. The van der Waals surface area contributed by atoms with Crippen LogP contribution in [0.4, 0.5) is 0 Å². The Morgan fingerprint density at radius 1 is 1.00 bits per heavy atom. The Hall–Kier alpha value is 0.909. The van der Waals surface area contributed by atoms with Crippen LogP contribution in [0.1, 0.15) is 59.3 Å². The number of hydrogen-bond donors (Lipinski definition) is 0. The summed E-state index contributed by atoms with van der Waals surface area (Å²) in [7, 11) is 0. The van der Waals surface area contributed by atoms with Gasteiger partial charge in [0, 0.05) is 0 Å². The summed E-state index contributed by atoms with van der Waals surface area (Å²) < 4.78 is 7.43. The summed E-state index contributed by atoms with van der Waals surface area (Å²) >= 11 is 3.37. The van der Waals surface area contributed by atoms with E-state index in [9.17, 15) is 0 Å². The quantitative estimate of drug-likeness (QED) is 0.399. The van der Waals surface area contributed by atoms with Gasteiger partial charge in [-0.2, -0.15) is 0 Å². The molecule has 1 aromatic heterocycles. The molecule has 1 rings (SSSR count). The zero-order chi connectivity index (χ0) is 14.1. The predicted molar refractivity (Wildman–Crippen MR) is 94.3 cm³/mol. The second-order valence-corrected chi connectivity index (χ2v) is 22.0. The maximum absolute atomic E-state index is 4.49. The molecule has 0 bridgehead atoms. The molecule has 0 saturated carbocycles. The third kappa shape index (κ3) is 5.66. The maximum atomic E-state index is 4.49. The fourth-order valence-corrected chi connectivity index (χ4v) is 24.1. The second-order valence-electron chi connectivity index (χ2n) is 5.57. The summed E-state index contributed by atoms with van der Waals surface area (Å²) in [4.78, 5) is 4.49. The standard InChI is InChI=1S/3C4H9.C3HBrNS.Sn/c3*1-3-4-2;4-3-5-1-2-6-3;/h3*1,3-4H2,2H3;1H;. The first-order valence-corrected chi connectivity index (χ1v) is 16.9. The Kier molecular flexibility index (Phi) is 9.24. The van der Waals surface area contributed by atoms with Crippen molar-refractivity contribution >= 4 is 48.5 Å². The first kappa shape index (κ1) is 18.0. The van der Waals surface area contributed by atoms with Crippen LogP contribution in [0.25, 0.3) is 0 Å². The first-order chi connectivity index (χ1) is 9.18. The third-order valence-electron chi connectivity index (χ3n) is 4.03. The van der Waals surface area contributed by atoms with E-state index in [0.717, 1.165) is 3.92 Å². The van der Waals surface area contributed by atoms with E-state index in [-0.39, 0.29) is 0 Å². The van der Waals surface area contributed by atoms with Crippen molar-refractivity contribution in [2.24, 2.45) is 0 Å². The molecule has 0 aliphatic carbocycles. The molecule has 19 heavy (non-hydrogen) atoms. The van der Waals surface area contributed by atoms with Gasteiger partial charge < -0.3 is 0 Å². The molecular formula is C15H28BrNSSn. The first-order valence-electron chi connectivity index (χ1n) is 7.80. The van der Waals surface area contributed by atoms with Crippen molar-refractivity contribution in [1.82, 2.24) is 4.98 Å². The van der Waals surface area contributed by atoms with E-state index in [1.807, 2.05) is 11.3 Å². The zero-order valence-corrected chi connectivity index (χ0v) is 17.9. The monoisotopic (exact) mass is 453 g/mol. The van der Waals surface area contributed by atoms with Crippen LogP contribution in [-0.4, -0.2) is 23.4 Å². The fraction of sp³-hybridized carbons (Fsp3) is 0.800. The van der Waals surface area contributed by atoms with Crippen LogP contribution in [-0.2, 0) is 0 Å². The average Bonchev–Trinajstić information content (AvgIpc) is 2.85. The van der Waals surface area contributed by atoms with E-state index >= 15 is 0 Å². The zero-order valence-electron chi connectivity index (χ0n) is 12.7. The van der Waals surface area contributed by atoms with Crippen molar-refractivity contribution in [3.8, 4) is 0 Å². The Morgan fingerprint density at radius 3 is 1.79 bits per heavy atom. The van der Waals surface area contributed by atoms with Crippen LogP contribution in [0.2, 0.25) is 13.3 Å². The molecule has 0 amide bonds. The van der Waals surface area contributed by atoms with Gasteiger partial charge in [0.2, 0.25) is 0 Å². The molecule has 110 valence electrons. The Bertz CT molecular complexity index is 332. The molecule has 0 unspecified atom stereocenters. The van der Waals surface area contributed by atoms with Crippen molar-refractivity contribution in [3.63, 3.8) is 0 Å². The van der Waals surface area contributed by atoms with Gasteiger partial charge in [-0.15, -0.1) is 0 Å². The molecule has 0 fully saturated rings. The van der Waals surface area contributed by atoms with Gasteiger partial charge in [0.05, 0.1) is 0 Å². The molecule has 0 spiro atoms. The van der Waals surface area contributed by atoms with Gasteiger partial charge in [-0.05, 0) is 0 Å². The summed E-state index contributed by atoms with van der Waals surface area (Å²) in [5.41, 5.74) is 0. The van der Waals surface area contributed by atoms with Gasteiger partial charge in [0.1, 0.15) is 0 Å². The predicted octanol–water partition coefficient (Wildman–Crippen LogP) is 5.96. The molecule has 0 aromatic carbocycles. The topological polar surface area (TPSA) is 12.9 Å². The van der Waals surface area contributed by atoms with Gasteiger partial charge in [-0.3, -0.25) is 0 Å². The molecule has 0 aliphatic rings. The van der Waals surface area contributed by atoms with Crippen LogP contribution in [0.15, 0.2) is 10.1 Å². The van der Waals surface area contributed by atoms with E-state index in [1.54, 1.807) is 16.2 Å². The molecule has 0 aliphatic heterocycles. The van der Waals surface area contributed by atoms with Crippen molar-refractivity contribution < 1.29 is 0 Å². The van der Waals surface area contributed by atoms with E-state index in [2.05, 4.69) is 47.9 Å². The SMILES string of the molecule is CCC[CH2][Sn]([CH2]CCC)([CH2]CCC)[c]1cnc(Br)s1. The van der Waals surface area contributed by atoms with Crippen LogP contribution in [0.3, 0.4) is 0 Å². The second kappa shape index (κ2) is 9.77. The number of thiazole rings is 1. The van der Waals surface area contributed by atoms with Crippen LogP contribution in [0.5, 0.6) is 0 Å². The summed E-state index contributed by atoms with van der Waals surface area (Å²) in [6.45, 7) is 7.00. The summed E-state index contributed by atoms with van der Waals surface area (Å²) in [5, 5.41) is 0. The molecular weight excluding hydrogens is 425 g/mol. The molecule has 0 atom stereocenters. The normalized spacial score (nSPS) is 12.0. The van der Waals surface area contributed by atoms with Crippen molar-refractivity contribution in [1.29, 1.82) is 0 Å². The van der Waals surface area contributed by atoms with Gasteiger partial charge >= 0.3 is 136 Å². The van der Waals surface area contributed by atoms with Crippen LogP contribution < -0.4 is 2.89 Å². The van der Waals surface area contributed by atoms with E-state index in [4.69, 9.17) is 0 Å². The molecule has 1 aromatic rings. The summed E-state index contributed by atoms with van der Waals surface area (Å²) in [6, 6.07) is 0. The number of unbranched alkanes of at least 4 members (excludes halogenated alkanes) is 3. The van der Waals surface area contributed by atoms with Gasteiger partial charge in [-0.1, -0.05) is 0 Å². The number of hydrogen-bond acceptors (Lipinski definition) is 2. The van der Waals surface area contributed by atoms with E-state index in [1.165, 1.54) is 38.5 Å². The number of rotatable bonds is 10.